The molecule has 0 spiro atoms. The van der Waals surface area contributed by atoms with Gasteiger partial charge in [-0.15, -0.1) is 0 Å². The summed E-state index contributed by atoms with van der Waals surface area (Å²) in [4.78, 5) is 11.2. The van der Waals surface area contributed by atoms with E-state index >= 15 is 0 Å². The number of rotatable bonds is 4. The molecule has 0 unspecified atom stereocenters. The van der Waals surface area contributed by atoms with Crippen LogP contribution in [0.4, 0.5) is 5.69 Å². The molecule has 2 aromatic carbocycles. The summed E-state index contributed by atoms with van der Waals surface area (Å²) in [5, 5.41) is 0. The maximum atomic E-state index is 12.4. The molecule has 5 nitrogen and oxygen atoms in total. The summed E-state index contributed by atoms with van der Waals surface area (Å²) in [7, 11) is -3.70. The Labute approximate surface area is 131 Å². The highest BCUT2D eigenvalue weighted by atomic mass is 79.9. The van der Waals surface area contributed by atoms with E-state index in [1.807, 2.05) is 0 Å². The number of amides is 1. The quantitative estimate of drug-likeness (QED) is 0.868. The summed E-state index contributed by atoms with van der Waals surface area (Å²) in [6.45, 7) is 1.72. The molecule has 0 aliphatic rings. The number of carbonyl (C=O) groups is 1. The van der Waals surface area contributed by atoms with Crippen LogP contribution in [-0.4, -0.2) is 14.3 Å². The fourth-order valence-electron chi connectivity index (χ4n) is 1.78. The van der Waals surface area contributed by atoms with E-state index in [1.54, 1.807) is 19.1 Å². The van der Waals surface area contributed by atoms with Crippen LogP contribution >= 0.6 is 15.9 Å². The molecule has 2 aromatic rings. The smallest absolute Gasteiger partial charge is 0.262 e. The zero-order valence-corrected chi connectivity index (χ0v) is 13.5. The Balaban J connectivity index is 2.33. The Morgan fingerprint density at radius 3 is 2.33 bits per heavy atom. The summed E-state index contributed by atoms with van der Waals surface area (Å²) < 4.78 is 27.9. The Bertz CT molecular complexity index is 786. The second kappa shape index (κ2) is 5.87. The lowest BCUT2D eigenvalue weighted by atomic mass is 10.2. The molecule has 0 bridgehead atoms. The highest BCUT2D eigenvalue weighted by Crippen LogP contribution is 2.23. The number of benzene rings is 2. The van der Waals surface area contributed by atoms with Gasteiger partial charge in [-0.1, -0.05) is 22.0 Å². The monoisotopic (exact) mass is 368 g/mol. The predicted molar refractivity (Wildman–Crippen MR) is 84.6 cm³/mol. The van der Waals surface area contributed by atoms with Crippen molar-refractivity contribution in [2.24, 2.45) is 5.73 Å². The number of primary amides is 1. The number of nitrogens with two attached hydrogens (primary N) is 1. The molecule has 0 aliphatic heterocycles. The topological polar surface area (TPSA) is 89.3 Å². The van der Waals surface area contributed by atoms with Crippen LogP contribution in [0, 0.1) is 6.92 Å². The van der Waals surface area contributed by atoms with Crippen molar-refractivity contribution in [3.63, 3.8) is 0 Å². The molecule has 0 aliphatic carbocycles. The number of nitrogens with one attached hydrogen (secondary N) is 1. The van der Waals surface area contributed by atoms with Crippen LogP contribution in [-0.2, 0) is 10.0 Å². The molecule has 3 N–H and O–H groups in total. The standard InChI is InChI=1S/C14H13BrN2O3S/c1-9-2-5-11(15)8-13(9)21(19,20)17-12-6-3-10(4-7-12)14(16)18/h2-8,17H,1H3,(H2,16,18). The van der Waals surface area contributed by atoms with E-state index in [4.69, 9.17) is 5.73 Å². The van der Waals surface area contributed by atoms with Crippen LogP contribution < -0.4 is 10.5 Å². The Kier molecular flexibility index (Phi) is 4.34. The maximum absolute atomic E-state index is 12.4. The number of hydrogen-bond donors (Lipinski definition) is 2. The van der Waals surface area contributed by atoms with Crippen molar-refractivity contribution >= 4 is 37.5 Å². The van der Waals surface area contributed by atoms with Crippen LogP contribution in [0.1, 0.15) is 15.9 Å². The van der Waals surface area contributed by atoms with Gasteiger partial charge in [0.25, 0.3) is 10.0 Å². The minimum absolute atomic E-state index is 0.191. The Morgan fingerprint density at radius 1 is 1.14 bits per heavy atom. The number of aryl methyl sites for hydroxylation is 1. The minimum Gasteiger partial charge on any atom is -0.366 e. The van der Waals surface area contributed by atoms with Gasteiger partial charge in [-0.2, -0.15) is 0 Å². The average molecular weight is 369 g/mol. The van der Waals surface area contributed by atoms with Gasteiger partial charge in [-0.05, 0) is 48.9 Å². The number of sulfonamides is 1. The molecule has 21 heavy (non-hydrogen) atoms. The summed E-state index contributed by atoms with van der Waals surface area (Å²) in [5.74, 6) is -0.563. The fourth-order valence-corrected chi connectivity index (χ4v) is 3.62. The van der Waals surface area contributed by atoms with Crippen molar-refractivity contribution < 1.29 is 13.2 Å². The molecule has 0 fully saturated rings. The maximum Gasteiger partial charge on any atom is 0.262 e. The lowest BCUT2D eigenvalue weighted by Crippen LogP contribution is -2.15. The summed E-state index contributed by atoms with van der Waals surface area (Å²) >= 11 is 3.26. The predicted octanol–water partition coefficient (Wildman–Crippen LogP) is 2.66. The molecule has 7 heteroatoms. The molecule has 0 heterocycles. The van der Waals surface area contributed by atoms with Gasteiger partial charge in [0.15, 0.2) is 0 Å². The largest absolute Gasteiger partial charge is 0.366 e. The molecule has 1 amide bonds. The first-order chi connectivity index (χ1) is 9.79. The van der Waals surface area contributed by atoms with Crippen molar-refractivity contribution in [1.82, 2.24) is 0 Å². The first-order valence-corrected chi connectivity index (χ1v) is 8.26. The van der Waals surface area contributed by atoms with Gasteiger partial charge < -0.3 is 5.73 Å². The van der Waals surface area contributed by atoms with Gasteiger partial charge in [0.05, 0.1) is 4.90 Å². The van der Waals surface area contributed by atoms with E-state index < -0.39 is 15.9 Å². The zero-order chi connectivity index (χ0) is 15.6. The summed E-state index contributed by atoms with van der Waals surface area (Å²) in [5.41, 5.74) is 6.45. The van der Waals surface area contributed by atoms with E-state index in [0.717, 1.165) is 0 Å². The second-order valence-corrected chi connectivity index (χ2v) is 7.02. The molecular formula is C14H13BrN2O3S. The Morgan fingerprint density at radius 2 is 1.76 bits per heavy atom. The van der Waals surface area contributed by atoms with Crippen LogP contribution in [0.15, 0.2) is 51.8 Å². The van der Waals surface area contributed by atoms with Crippen LogP contribution in [0.5, 0.6) is 0 Å². The van der Waals surface area contributed by atoms with Crippen molar-refractivity contribution in [3.8, 4) is 0 Å². The van der Waals surface area contributed by atoms with Crippen LogP contribution in [0.25, 0.3) is 0 Å². The van der Waals surface area contributed by atoms with E-state index in [-0.39, 0.29) is 4.90 Å². The molecule has 0 aromatic heterocycles. The van der Waals surface area contributed by atoms with Crippen molar-refractivity contribution in [2.75, 3.05) is 4.72 Å². The number of anilines is 1. The number of halogens is 1. The lowest BCUT2D eigenvalue weighted by Gasteiger charge is -2.11. The average Bonchev–Trinajstić information content (AvgIpc) is 2.41. The Hall–Kier alpha value is -1.86. The SMILES string of the molecule is Cc1ccc(Br)cc1S(=O)(=O)Nc1ccc(C(N)=O)cc1. The van der Waals surface area contributed by atoms with Gasteiger partial charge in [0.2, 0.25) is 5.91 Å². The minimum atomic E-state index is -3.70. The summed E-state index contributed by atoms with van der Waals surface area (Å²) in [6, 6.07) is 10.9. The van der Waals surface area contributed by atoms with E-state index in [0.29, 0.717) is 21.3 Å². The second-order valence-electron chi connectivity index (χ2n) is 4.46. The molecule has 2 rings (SSSR count). The lowest BCUT2D eigenvalue weighted by molar-refractivity contribution is 0.100. The van der Waals surface area contributed by atoms with Crippen LogP contribution in [0.3, 0.4) is 0 Å². The van der Waals surface area contributed by atoms with Gasteiger partial charge in [0.1, 0.15) is 0 Å². The first-order valence-electron chi connectivity index (χ1n) is 5.98. The first kappa shape index (κ1) is 15.5. The van der Waals surface area contributed by atoms with E-state index in [1.165, 1.54) is 30.3 Å². The highest BCUT2D eigenvalue weighted by molar-refractivity contribution is 9.10. The fraction of sp³-hybridized carbons (Fsp3) is 0.0714. The zero-order valence-electron chi connectivity index (χ0n) is 11.1. The normalized spacial score (nSPS) is 11.1. The third-order valence-electron chi connectivity index (χ3n) is 2.86. The van der Waals surface area contributed by atoms with Crippen LogP contribution in [0.2, 0.25) is 0 Å². The van der Waals surface area contributed by atoms with Crippen molar-refractivity contribution in [1.29, 1.82) is 0 Å². The third kappa shape index (κ3) is 3.62. The highest BCUT2D eigenvalue weighted by Gasteiger charge is 2.17. The molecule has 110 valence electrons. The number of carbonyl (C=O) groups excluding carboxylic acids is 1. The van der Waals surface area contributed by atoms with E-state index in [9.17, 15) is 13.2 Å². The molecular weight excluding hydrogens is 356 g/mol. The van der Waals surface area contributed by atoms with Crippen molar-refractivity contribution in [2.45, 2.75) is 11.8 Å². The molecule has 0 saturated heterocycles. The molecule has 0 atom stereocenters. The van der Waals surface area contributed by atoms with E-state index in [2.05, 4.69) is 20.7 Å². The third-order valence-corrected chi connectivity index (χ3v) is 4.88. The summed E-state index contributed by atoms with van der Waals surface area (Å²) in [6.07, 6.45) is 0. The van der Waals surface area contributed by atoms with Gasteiger partial charge >= 0.3 is 0 Å². The molecule has 0 saturated carbocycles. The van der Waals surface area contributed by atoms with Gasteiger partial charge in [-0.3, -0.25) is 9.52 Å². The van der Waals surface area contributed by atoms with Gasteiger partial charge in [-0.25, -0.2) is 8.42 Å². The van der Waals surface area contributed by atoms with Crippen molar-refractivity contribution in [3.05, 3.63) is 58.1 Å². The number of hydrogen-bond acceptors (Lipinski definition) is 3. The molecule has 0 radical (unpaired) electrons. The van der Waals surface area contributed by atoms with Gasteiger partial charge in [0, 0.05) is 15.7 Å².